The first-order valence-corrected chi connectivity index (χ1v) is 10.3. The van der Waals surface area contributed by atoms with Crippen molar-refractivity contribution in [2.75, 3.05) is 12.4 Å². The fourth-order valence-corrected chi connectivity index (χ4v) is 3.78. The Balaban J connectivity index is 1.96. The van der Waals surface area contributed by atoms with Crippen LogP contribution in [0.5, 0.6) is 5.75 Å². The molecule has 162 valence electrons. The summed E-state index contributed by atoms with van der Waals surface area (Å²) in [5.41, 5.74) is 6.44. The quantitative estimate of drug-likeness (QED) is 0.400. The molecule has 4 rings (SSSR count). The summed E-state index contributed by atoms with van der Waals surface area (Å²) < 4.78 is 7.08. The van der Waals surface area contributed by atoms with Crippen LogP contribution in [0.15, 0.2) is 66.7 Å². The zero-order chi connectivity index (χ0) is 22.8. The second-order valence-corrected chi connectivity index (χ2v) is 7.72. The molecule has 1 heterocycles. The van der Waals surface area contributed by atoms with E-state index >= 15 is 0 Å². The van der Waals surface area contributed by atoms with Crippen LogP contribution >= 0.6 is 0 Å². The molecule has 1 aromatic heterocycles. The number of benzene rings is 3. The van der Waals surface area contributed by atoms with Crippen molar-refractivity contribution < 1.29 is 14.6 Å². The number of methoxy groups -OCH3 is 1. The number of anilines is 2. The molecule has 6 heteroatoms. The van der Waals surface area contributed by atoms with E-state index in [1.54, 1.807) is 12.1 Å². The molecule has 0 radical (unpaired) electrons. The van der Waals surface area contributed by atoms with E-state index in [-0.39, 0.29) is 5.56 Å². The Hall–Kier alpha value is -4.06. The SMILES string of the molecule is COc1ccc(Nc2c(-c3ccccc3)c(C)nn2-c2cc(C)ccc2C)c(C(=O)O)c1. The van der Waals surface area contributed by atoms with Gasteiger partial charge in [0.1, 0.15) is 11.6 Å². The normalized spacial score (nSPS) is 10.8. The Morgan fingerprint density at radius 2 is 1.75 bits per heavy atom. The van der Waals surface area contributed by atoms with E-state index in [0.717, 1.165) is 33.6 Å². The lowest BCUT2D eigenvalue weighted by Gasteiger charge is -2.16. The molecule has 6 nitrogen and oxygen atoms in total. The van der Waals surface area contributed by atoms with Gasteiger partial charge in [0.15, 0.2) is 0 Å². The summed E-state index contributed by atoms with van der Waals surface area (Å²) in [4.78, 5) is 12.0. The average Bonchev–Trinajstić information content (AvgIpc) is 3.11. The van der Waals surface area contributed by atoms with Crippen LogP contribution < -0.4 is 10.1 Å². The number of carboxylic acid groups (broad SMARTS) is 1. The van der Waals surface area contributed by atoms with Crippen LogP contribution in [0.2, 0.25) is 0 Å². The average molecular weight is 428 g/mol. The second-order valence-electron chi connectivity index (χ2n) is 7.72. The minimum atomic E-state index is -1.04. The molecular formula is C26H25N3O3. The third-order valence-corrected chi connectivity index (χ3v) is 5.43. The van der Waals surface area contributed by atoms with Gasteiger partial charge >= 0.3 is 5.97 Å². The highest BCUT2D eigenvalue weighted by atomic mass is 16.5. The Morgan fingerprint density at radius 3 is 2.44 bits per heavy atom. The first-order valence-electron chi connectivity index (χ1n) is 10.3. The molecule has 32 heavy (non-hydrogen) atoms. The van der Waals surface area contributed by atoms with Gasteiger partial charge in [0.2, 0.25) is 0 Å². The van der Waals surface area contributed by atoms with E-state index in [2.05, 4.69) is 23.5 Å². The molecule has 0 unspecified atom stereocenters. The van der Waals surface area contributed by atoms with Crippen molar-refractivity contribution in [2.24, 2.45) is 0 Å². The van der Waals surface area contributed by atoms with Crippen LogP contribution in [-0.4, -0.2) is 28.0 Å². The van der Waals surface area contributed by atoms with Gasteiger partial charge in [0.25, 0.3) is 0 Å². The fourth-order valence-electron chi connectivity index (χ4n) is 3.78. The van der Waals surface area contributed by atoms with Crippen molar-refractivity contribution in [3.8, 4) is 22.6 Å². The molecule has 0 aliphatic carbocycles. The van der Waals surface area contributed by atoms with Gasteiger partial charge in [-0.05, 0) is 61.7 Å². The zero-order valence-corrected chi connectivity index (χ0v) is 18.5. The summed E-state index contributed by atoms with van der Waals surface area (Å²) in [7, 11) is 1.51. The maximum absolute atomic E-state index is 12.0. The Morgan fingerprint density at radius 1 is 1.00 bits per heavy atom. The number of aromatic nitrogens is 2. The Labute approximate surface area is 187 Å². The van der Waals surface area contributed by atoms with Gasteiger partial charge in [-0.3, -0.25) is 0 Å². The molecule has 0 saturated heterocycles. The van der Waals surface area contributed by atoms with E-state index in [1.165, 1.54) is 13.2 Å². The third kappa shape index (κ3) is 3.95. The molecule has 4 aromatic rings. The topological polar surface area (TPSA) is 76.4 Å². The molecule has 0 bridgehead atoms. The van der Waals surface area contributed by atoms with Crippen LogP contribution in [0, 0.1) is 20.8 Å². The first kappa shape index (κ1) is 21.2. The minimum absolute atomic E-state index is 0.120. The number of hydrogen-bond acceptors (Lipinski definition) is 4. The van der Waals surface area contributed by atoms with E-state index in [9.17, 15) is 9.90 Å². The summed E-state index contributed by atoms with van der Waals surface area (Å²) in [6.45, 7) is 6.03. The van der Waals surface area contributed by atoms with E-state index in [4.69, 9.17) is 9.84 Å². The maximum Gasteiger partial charge on any atom is 0.337 e. The van der Waals surface area contributed by atoms with Gasteiger partial charge in [-0.2, -0.15) is 5.10 Å². The second kappa shape index (κ2) is 8.59. The van der Waals surface area contributed by atoms with Crippen LogP contribution in [0.25, 0.3) is 16.8 Å². The predicted molar refractivity (Wildman–Crippen MR) is 126 cm³/mol. The number of rotatable bonds is 6. The van der Waals surface area contributed by atoms with E-state index in [1.807, 2.05) is 55.8 Å². The highest BCUT2D eigenvalue weighted by Crippen LogP contribution is 2.37. The Kier molecular flexibility index (Phi) is 5.69. The fraction of sp³-hybridized carbons (Fsp3) is 0.154. The van der Waals surface area contributed by atoms with Crippen LogP contribution in [0.3, 0.4) is 0 Å². The largest absolute Gasteiger partial charge is 0.497 e. The van der Waals surface area contributed by atoms with Crippen molar-refractivity contribution in [2.45, 2.75) is 20.8 Å². The monoisotopic (exact) mass is 427 g/mol. The molecule has 0 aliphatic heterocycles. The molecule has 0 saturated carbocycles. The number of aryl methyl sites for hydroxylation is 3. The zero-order valence-electron chi connectivity index (χ0n) is 18.5. The first-order chi connectivity index (χ1) is 15.4. The summed E-state index contributed by atoms with van der Waals surface area (Å²) in [5, 5.41) is 18.0. The lowest BCUT2D eigenvalue weighted by Crippen LogP contribution is -2.08. The molecule has 2 N–H and O–H groups in total. The number of nitrogens with zero attached hydrogens (tertiary/aromatic N) is 2. The number of carbonyl (C=O) groups is 1. The standard InChI is InChI=1S/C26H25N3O3/c1-16-10-11-17(2)23(14-16)29-25(24(18(3)28-29)19-8-6-5-7-9-19)27-22-13-12-20(32-4)15-21(22)26(30)31/h5-15,27H,1-4H3,(H,30,31). The van der Waals surface area contributed by atoms with Gasteiger partial charge < -0.3 is 15.2 Å². The smallest absolute Gasteiger partial charge is 0.337 e. The maximum atomic E-state index is 12.0. The van der Waals surface area contributed by atoms with E-state index < -0.39 is 5.97 Å². The Bertz CT molecular complexity index is 1290. The predicted octanol–water partition coefficient (Wildman–Crippen LogP) is 5.91. The molecule has 3 aromatic carbocycles. The van der Waals surface area contributed by atoms with Crippen molar-refractivity contribution in [1.82, 2.24) is 9.78 Å². The van der Waals surface area contributed by atoms with Crippen LogP contribution in [-0.2, 0) is 0 Å². The summed E-state index contributed by atoms with van der Waals surface area (Å²) >= 11 is 0. The van der Waals surface area contributed by atoms with Gasteiger partial charge in [-0.15, -0.1) is 0 Å². The van der Waals surface area contributed by atoms with Crippen LogP contribution in [0.4, 0.5) is 11.5 Å². The number of carboxylic acids is 1. The number of nitrogens with one attached hydrogen (secondary N) is 1. The number of ether oxygens (including phenoxy) is 1. The van der Waals surface area contributed by atoms with Crippen LogP contribution in [0.1, 0.15) is 27.2 Å². The molecule has 0 atom stereocenters. The summed E-state index contributed by atoms with van der Waals surface area (Å²) in [6, 6.07) is 21.1. The third-order valence-electron chi connectivity index (χ3n) is 5.43. The lowest BCUT2D eigenvalue weighted by molar-refractivity contribution is 0.0697. The van der Waals surface area contributed by atoms with E-state index in [0.29, 0.717) is 17.3 Å². The number of hydrogen-bond donors (Lipinski definition) is 2. The summed E-state index contributed by atoms with van der Waals surface area (Å²) in [6.07, 6.45) is 0. The van der Waals surface area contributed by atoms with Gasteiger partial charge in [0.05, 0.1) is 29.7 Å². The van der Waals surface area contributed by atoms with Gasteiger partial charge in [-0.25, -0.2) is 9.48 Å². The van der Waals surface area contributed by atoms with Gasteiger partial charge in [-0.1, -0.05) is 42.5 Å². The summed E-state index contributed by atoms with van der Waals surface area (Å²) in [5.74, 6) is 0.146. The minimum Gasteiger partial charge on any atom is -0.497 e. The molecule has 0 aliphatic rings. The van der Waals surface area contributed by atoms with Gasteiger partial charge in [0, 0.05) is 5.56 Å². The molecular weight excluding hydrogens is 402 g/mol. The lowest BCUT2D eigenvalue weighted by atomic mass is 10.0. The highest BCUT2D eigenvalue weighted by molar-refractivity contribution is 5.96. The molecule has 0 amide bonds. The van der Waals surface area contributed by atoms with Crippen molar-refractivity contribution >= 4 is 17.5 Å². The number of aromatic carboxylic acids is 1. The van der Waals surface area contributed by atoms with Crippen molar-refractivity contribution in [3.05, 3.63) is 89.1 Å². The molecule has 0 fully saturated rings. The van der Waals surface area contributed by atoms with Crippen molar-refractivity contribution in [1.29, 1.82) is 0 Å². The van der Waals surface area contributed by atoms with Crippen molar-refractivity contribution in [3.63, 3.8) is 0 Å². The molecule has 0 spiro atoms. The highest BCUT2D eigenvalue weighted by Gasteiger charge is 2.21.